The minimum absolute atomic E-state index is 0.273. The van der Waals surface area contributed by atoms with E-state index in [0.717, 1.165) is 23.0 Å². The van der Waals surface area contributed by atoms with Gasteiger partial charge in [0.05, 0.1) is 0 Å². The van der Waals surface area contributed by atoms with Gasteiger partial charge in [-0.05, 0) is 43.0 Å². The first-order valence-corrected chi connectivity index (χ1v) is 4.87. The Morgan fingerprint density at radius 1 is 1.50 bits per heavy atom. The molecular formula is C11H13ClO2. The van der Waals surface area contributed by atoms with Crippen LogP contribution >= 0.6 is 11.6 Å². The molecule has 0 heterocycles. The zero-order valence-electron chi connectivity index (χ0n) is 8.30. The smallest absolute Gasteiger partial charge is 0.121 e. The van der Waals surface area contributed by atoms with E-state index in [-0.39, 0.29) is 5.75 Å². The van der Waals surface area contributed by atoms with Crippen LogP contribution in [0.5, 0.6) is 5.75 Å². The summed E-state index contributed by atoms with van der Waals surface area (Å²) >= 11 is 6.02. The molecule has 1 rings (SSSR count). The molecule has 0 aliphatic heterocycles. The minimum atomic E-state index is 0.273. The van der Waals surface area contributed by atoms with E-state index in [4.69, 9.17) is 11.6 Å². The zero-order valence-corrected chi connectivity index (χ0v) is 9.06. The second-order valence-electron chi connectivity index (χ2n) is 3.33. The largest absolute Gasteiger partial charge is 0.507 e. The average Bonchev–Trinajstić information content (AvgIpc) is 2.14. The van der Waals surface area contributed by atoms with Crippen molar-refractivity contribution in [1.29, 1.82) is 0 Å². The van der Waals surface area contributed by atoms with E-state index in [1.54, 1.807) is 13.0 Å². The molecule has 0 aliphatic rings. The summed E-state index contributed by atoms with van der Waals surface area (Å²) in [6.45, 7) is 3.62. The van der Waals surface area contributed by atoms with E-state index in [1.807, 2.05) is 6.92 Å². The monoisotopic (exact) mass is 212 g/mol. The van der Waals surface area contributed by atoms with Gasteiger partial charge in [-0.25, -0.2) is 0 Å². The van der Waals surface area contributed by atoms with Crippen LogP contribution in [0, 0.1) is 13.8 Å². The minimum Gasteiger partial charge on any atom is -0.507 e. The third-order valence-electron chi connectivity index (χ3n) is 2.33. The van der Waals surface area contributed by atoms with E-state index in [9.17, 15) is 9.90 Å². The van der Waals surface area contributed by atoms with Crippen molar-refractivity contribution < 1.29 is 9.90 Å². The van der Waals surface area contributed by atoms with Crippen molar-refractivity contribution in [3.63, 3.8) is 0 Å². The van der Waals surface area contributed by atoms with E-state index < -0.39 is 0 Å². The molecule has 0 atom stereocenters. The first kappa shape index (κ1) is 11.1. The normalized spacial score (nSPS) is 10.2. The predicted molar refractivity (Wildman–Crippen MR) is 57.0 cm³/mol. The topological polar surface area (TPSA) is 37.3 Å². The molecule has 0 bridgehead atoms. The molecule has 76 valence electrons. The molecule has 3 heteroatoms. The van der Waals surface area contributed by atoms with Crippen molar-refractivity contribution in [2.75, 3.05) is 0 Å². The van der Waals surface area contributed by atoms with Gasteiger partial charge in [0.25, 0.3) is 0 Å². The van der Waals surface area contributed by atoms with Crippen molar-refractivity contribution in [3.8, 4) is 5.75 Å². The third kappa shape index (κ3) is 2.07. The molecule has 0 unspecified atom stereocenters. The molecular weight excluding hydrogens is 200 g/mol. The van der Waals surface area contributed by atoms with Crippen molar-refractivity contribution in [3.05, 3.63) is 27.8 Å². The van der Waals surface area contributed by atoms with Crippen LogP contribution in [0.4, 0.5) is 0 Å². The summed E-state index contributed by atoms with van der Waals surface area (Å²) in [5, 5.41) is 10.3. The highest BCUT2D eigenvalue weighted by Gasteiger charge is 2.10. The van der Waals surface area contributed by atoms with Gasteiger partial charge < -0.3 is 9.90 Å². The number of phenolic OH excluding ortho intramolecular Hbond substituents is 1. The van der Waals surface area contributed by atoms with Crippen molar-refractivity contribution >= 4 is 17.9 Å². The zero-order chi connectivity index (χ0) is 10.7. The maximum absolute atomic E-state index is 10.2. The highest BCUT2D eigenvalue weighted by molar-refractivity contribution is 6.31. The lowest BCUT2D eigenvalue weighted by Gasteiger charge is -2.11. The Bertz CT molecular complexity index is 359. The van der Waals surface area contributed by atoms with Crippen LogP contribution < -0.4 is 0 Å². The van der Waals surface area contributed by atoms with Crippen molar-refractivity contribution in [1.82, 2.24) is 0 Å². The number of halogens is 1. The van der Waals surface area contributed by atoms with Crippen LogP contribution in [0.25, 0.3) is 0 Å². The molecule has 0 spiro atoms. The van der Waals surface area contributed by atoms with Crippen LogP contribution in [0.3, 0.4) is 0 Å². The molecule has 0 aliphatic carbocycles. The van der Waals surface area contributed by atoms with Crippen molar-refractivity contribution in [2.24, 2.45) is 0 Å². The number of aryl methyl sites for hydroxylation is 1. The number of carbonyl (C=O) groups is 1. The Balaban J connectivity index is 3.15. The van der Waals surface area contributed by atoms with Crippen LogP contribution in [0.1, 0.15) is 23.1 Å². The predicted octanol–water partition coefficient (Wildman–Crippen LogP) is 2.79. The summed E-state index contributed by atoms with van der Waals surface area (Å²) in [5.74, 6) is 0.273. The number of carbonyl (C=O) groups excluding carboxylic acids is 1. The van der Waals surface area contributed by atoms with Gasteiger partial charge in [0, 0.05) is 11.4 Å². The third-order valence-corrected chi connectivity index (χ3v) is 2.66. The van der Waals surface area contributed by atoms with Gasteiger partial charge in [0.2, 0.25) is 0 Å². The quantitative estimate of drug-likeness (QED) is 0.783. The Morgan fingerprint density at radius 3 is 2.71 bits per heavy atom. The maximum atomic E-state index is 10.2. The second kappa shape index (κ2) is 4.47. The number of hydrogen-bond donors (Lipinski definition) is 1. The molecule has 0 aromatic heterocycles. The molecule has 2 nitrogen and oxygen atoms in total. The van der Waals surface area contributed by atoms with Gasteiger partial charge in [-0.3, -0.25) is 0 Å². The van der Waals surface area contributed by atoms with Crippen LogP contribution in [-0.4, -0.2) is 11.4 Å². The number of phenols is 1. The molecule has 0 fully saturated rings. The van der Waals surface area contributed by atoms with Crippen LogP contribution in [0.2, 0.25) is 5.02 Å². The molecule has 0 saturated heterocycles. The van der Waals surface area contributed by atoms with Gasteiger partial charge >= 0.3 is 0 Å². The lowest BCUT2D eigenvalue weighted by Crippen LogP contribution is -1.94. The first-order chi connectivity index (χ1) is 6.57. The molecule has 1 aromatic rings. The summed E-state index contributed by atoms with van der Waals surface area (Å²) in [6, 6.07) is 1.73. The van der Waals surface area contributed by atoms with Crippen LogP contribution in [-0.2, 0) is 11.2 Å². The van der Waals surface area contributed by atoms with Gasteiger partial charge in [0.15, 0.2) is 0 Å². The first-order valence-electron chi connectivity index (χ1n) is 4.49. The molecule has 0 radical (unpaired) electrons. The Labute approximate surface area is 88.5 Å². The summed E-state index contributed by atoms with van der Waals surface area (Å²) in [6.07, 6.45) is 1.87. The van der Waals surface area contributed by atoms with Crippen LogP contribution in [0.15, 0.2) is 6.07 Å². The fourth-order valence-electron chi connectivity index (χ4n) is 1.47. The standard InChI is InChI=1S/C11H13ClO2/c1-7-6-10(12)9(4-3-5-13)8(2)11(7)14/h5-6,14H,3-4H2,1-2H3. The number of aromatic hydroxyl groups is 1. The second-order valence-corrected chi connectivity index (χ2v) is 3.74. The lowest BCUT2D eigenvalue weighted by molar-refractivity contribution is -0.107. The Hall–Kier alpha value is -1.02. The fourth-order valence-corrected chi connectivity index (χ4v) is 1.87. The highest BCUT2D eigenvalue weighted by Crippen LogP contribution is 2.31. The Kier molecular flexibility index (Phi) is 3.53. The van der Waals surface area contributed by atoms with Gasteiger partial charge in [0.1, 0.15) is 12.0 Å². The SMILES string of the molecule is Cc1cc(Cl)c(CCC=O)c(C)c1O. The number of rotatable bonds is 3. The summed E-state index contributed by atoms with van der Waals surface area (Å²) < 4.78 is 0. The summed E-state index contributed by atoms with van der Waals surface area (Å²) in [4.78, 5) is 10.2. The number of hydrogen-bond acceptors (Lipinski definition) is 2. The lowest BCUT2D eigenvalue weighted by atomic mass is 10.0. The fraction of sp³-hybridized carbons (Fsp3) is 0.364. The summed E-state index contributed by atoms with van der Waals surface area (Å²) in [5.41, 5.74) is 2.40. The number of aldehydes is 1. The van der Waals surface area contributed by atoms with E-state index in [1.165, 1.54) is 0 Å². The molecule has 1 aromatic carbocycles. The van der Waals surface area contributed by atoms with Gasteiger partial charge in [-0.15, -0.1) is 0 Å². The molecule has 0 amide bonds. The number of benzene rings is 1. The van der Waals surface area contributed by atoms with E-state index in [0.29, 0.717) is 17.9 Å². The van der Waals surface area contributed by atoms with E-state index >= 15 is 0 Å². The highest BCUT2D eigenvalue weighted by atomic mass is 35.5. The molecule has 14 heavy (non-hydrogen) atoms. The average molecular weight is 213 g/mol. The maximum Gasteiger partial charge on any atom is 0.121 e. The summed E-state index contributed by atoms with van der Waals surface area (Å²) in [7, 11) is 0. The van der Waals surface area contributed by atoms with Gasteiger partial charge in [-0.1, -0.05) is 11.6 Å². The van der Waals surface area contributed by atoms with Crippen molar-refractivity contribution in [2.45, 2.75) is 26.7 Å². The molecule has 1 N–H and O–H groups in total. The van der Waals surface area contributed by atoms with Gasteiger partial charge in [-0.2, -0.15) is 0 Å². The molecule has 0 saturated carbocycles. The van der Waals surface area contributed by atoms with E-state index in [2.05, 4.69) is 0 Å². The Morgan fingerprint density at radius 2 is 2.14 bits per heavy atom.